The molecule has 22 heavy (non-hydrogen) atoms. The van der Waals surface area contributed by atoms with Gasteiger partial charge < -0.3 is 15.1 Å². The normalized spacial score (nSPS) is 21.5. The maximum Gasteiger partial charge on any atom is 0.322 e. The standard InChI is InChI=1S/C14H17N5O3/c20-12(9-10-13(21)17-14(22)16-10)19-7-5-18(6-8-19)11-3-1-2-4-15-11/h1-4,10H,5-9H2,(H2,16,17,21,22)/t10-/m1/s1. The van der Waals surface area contributed by atoms with Crippen molar-refractivity contribution in [2.24, 2.45) is 0 Å². The van der Waals surface area contributed by atoms with Gasteiger partial charge in [-0.05, 0) is 12.1 Å². The molecule has 3 heterocycles. The molecule has 2 aliphatic heterocycles. The smallest absolute Gasteiger partial charge is 0.322 e. The van der Waals surface area contributed by atoms with E-state index in [1.54, 1.807) is 11.1 Å². The SMILES string of the molecule is O=C1NC(=O)[C@@H](CC(=O)N2CCN(c3ccccn3)CC2)N1. The molecule has 3 rings (SSSR count). The number of nitrogens with zero attached hydrogens (tertiary/aromatic N) is 3. The number of pyridine rings is 1. The van der Waals surface area contributed by atoms with E-state index in [1.165, 1.54) is 0 Å². The highest BCUT2D eigenvalue weighted by Crippen LogP contribution is 2.13. The van der Waals surface area contributed by atoms with Crippen molar-refractivity contribution in [2.75, 3.05) is 31.1 Å². The number of rotatable bonds is 3. The van der Waals surface area contributed by atoms with E-state index in [2.05, 4.69) is 20.5 Å². The van der Waals surface area contributed by atoms with Gasteiger partial charge in [-0.1, -0.05) is 6.07 Å². The Balaban J connectivity index is 1.52. The second-order valence-electron chi connectivity index (χ2n) is 5.28. The van der Waals surface area contributed by atoms with Gasteiger partial charge in [-0.2, -0.15) is 0 Å². The van der Waals surface area contributed by atoms with Crippen LogP contribution in [0.2, 0.25) is 0 Å². The average Bonchev–Trinajstić information content (AvgIpc) is 2.86. The Labute approximate surface area is 127 Å². The lowest BCUT2D eigenvalue weighted by Crippen LogP contribution is -2.50. The Kier molecular flexibility index (Phi) is 3.90. The maximum atomic E-state index is 12.2. The van der Waals surface area contributed by atoms with Crippen molar-refractivity contribution in [3.63, 3.8) is 0 Å². The van der Waals surface area contributed by atoms with Crippen LogP contribution in [0.1, 0.15) is 6.42 Å². The third-order valence-electron chi connectivity index (χ3n) is 3.84. The van der Waals surface area contributed by atoms with Gasteiger partial charge >= 0.3 is 6.03 Å². The zero-order valence-corrected chi connectivity index (χ0v) is 12.0. The highest BCUT2D eigenvalue weighted by Gasteiger charge is 2.33. The van der Waals surface area contributed by atoms with Gasteiger partial charge in [0.2, 0.25) is 5.91 Å². The molecule has 1 aromatic rings. The summed E-state index contributed by atoms with van der Waals surface area (Å²) in [6.07, 6.45) is 1.75. The number of anilines is 1. The van der Waals surface area contributed by atoms with Crippen LogP contribution in [-0.4, -0.2) is 60.0 Å². The Morgan fingerprint density at radius 3 is 2.59 bits per heavy atom. The van der Waals surface area contributed by atoms with E-state index >= 15 is 0 Å². The number of amides is 4. The van der Waals surface area contributed by atoms with Gasteiger partial charge in [0.25, 0.3) is 5.91 Å². The Bertz CT molecular complexity index is 583. The van der Waals surface area contributed by atoms with Crippen molar-refractivity contribution in [1.82, 2.24) is 20.5 Å². The number of aromatic nitrogens is 1. The molecule has 0 radical (unpaired) electrons. The maximum absolute atomic E-state index is 12.2. The summed E-state index contributed by atoms with van der Waals surface area (Å²) >= 11 is 0. The summed E-state index contributed by atoms with van der Waals surface area (Å²) in [7, 11) is 0. The van der Waals surface area contributed by atoms with E-state index in [0.717, 1.165) is 5.82 Å². The first-order chi connectivity index (χ1) is 10.6. The van der Waals surface area contributed by atoms with Crippen LogP contribution in [0.15, 0.2) is 24.4 Å². The van der Waals surface area contributed by atoms with E-state index in [4.69, 9.17) is 0 Å². The quantitative estimate of drug-likeness (QED) is 0.722. The number of imide groups is 1. The summed E-state index contributed by atoms with van der Waals surface area (Å²) in [5.41, 5.74) is 0. The highest BCUT2D eigenvalue weighted by atomic mass is 16.2. The van der Waals surface area contributed by atoms with Gasteiger partial charge in [0.15, 0.2) is 0 Å². The number of urea groups is 1. The zero-order chi connectivity index (χ0) is 15.5. The van der Waals surface area contributed by atoms with Gasteiger partial charge in [-0.15, -0.1) is 0 Å². The molecule has 4 amide bonds. The van der Waals surface area contributed by atoms with Crippen molar-refractivity contribution in [2.45, 2.75) is 12.5 Å². The third-order valence-corrected chi connectivity index (χ3v) is 3.84. The van der Waals surface area contributed by atoms with Gasteiger partial charge in [0.05, 0.1) is 6.42 Å². The molecular weight excluding hydrogens is 286 g/mol. The monoisotopic (exact) mass is 303 g/mol. The van der Waals surface area contributed by atoms with Crippen molar-refractivity contribution in [1.29, 1.82) is 0 Å². The molecule has 1 atom stereocenters. The Hall–Kier alpha value is -2.64. The first-order valence-electron chi connectivity index (χ1n) is 7.18. The summed E-state index contributed by atoms with van der Waals surface area (Å²) in [4.78, 5) is 42.8. The minimum atomic E-state index is -0.756. The fraction of sp³-hybridized carbons (Fsp3) is 0.429. The fourth-order valence-corrected chi connectivity index (χ4v) is 2.63. The zero-order valence-electron chi connectivity index (χ0n) is 12.0. The van der Waals surface area contributed by atoms with Crippen LogP contribution in [0.25, 0.3) is 0 Å². The van der Waals surface area contributed by atoms with E-state index in [9.17, 15) is 14.4 Å². The van der Waals surface area contributed by atoms with Crippen LogP contribution >= 0.6 is 0 Å². The molecule has 1 aromatic heterocycles. The molecule has 116 valence electrons. The molecule has 0 aliphatic carbocycles. The van der Waals surface area contributed by atoms with Crippen LogP contribution in [0.3, 0.4) is 0 Å². The minimum Gasteiger partial charge on any atom is -0.353 e. The van der Waals surface area contributed by atoms with Crippen molar-refractivity contribution in [3.05, 3.63) is 24.4 Å². The Morgan fingerprint density at radius 1 is 1.23 bits per heavy atom. The Morgan fingerprint density at radius 2 is 2.00 bits per heavy atom. The largest absolute Gasteiger partial charge is 0.353 e. The summed E-state index contributed by atoms with van der Waals surface area (Å²) in [6, 6.07) is 4.44. The molecule has 8 heteroatoms. The molecule has 2 fully saturated rings. The lowest BCUT2D eigenvalue weighted by molar-refractivity contribution is -0.134. The van der Waals surface area contributed by atoms with Crippen LogP contribution in [-0.2, 0) is 9.59 Å². The highest BCUT2D eigenvalue weighted by molar-refractivity contribution is 6.05. The van der Waals surface area contributed by atoms with Gasteiger partial charge in [0, 0.05) is 32.4 Å². The summed E-state index contributed by atoms with van der Waals surface area (Å²) < 4.78 is 0. The van der Waals surface area contributed by atoms with Gasteiger partial charge in [-0.25, -0.2) is 9.78 Å². The van der Waals surface area contributed by atoms with E-state index < -0.39 is 18.0 Å². The van der Waals surface area contributed by atoms with Crippen LogP contribution in [0.4, 0.5) is 10.6 Å². The number of hydrogen-bond acceptors (Lipinski definition) is 5. The van der Waals surface area contributed by atoms with E-state index in [0.29, 0.717) is 26.2 Å². The predicted octanol–water partition coefficient (Wildman–Crippen LogP) is -0.672. The molecule has 0 bridgehead atoms. The van der Waals surface area contributed by atoms with Crippen molar-refractivity contribution < 1.29 is 14.4 Å². The topological polar surface area (TPSA) is 94.6 Å². The van der Waals surface area contributed by atoms with E-state index in [1.807, 2.05) is 18.2 Å². The van der Waals surface area contributed by atoms with Crippen LogP contribution < -0.4 is 15.5 Å². The lowest BCUT2D eigenvalue weighted by atomic mass is 10.1. The van der Waals surface area contributed by atoms with Crippen LogP contribution in [0, 0.1) is 0 Å². The minimum absolute atomic E-state index is 0.00115. The van der Waals surface area contributed by atoms with E-state index in [-0.39, 0.29) is 12.3 Å². The van der Waals surface area contributed by atoms with Gasteiger partial charge in [-0.3, -0.25) is 14.9 Å². The summed E-state index contributed by atoms with van der Waals surface area (Å²) in [5, 5.41) is 4.57. The molecule has 0 saturated carbocycles. The first-order valence-corrected chi connectivity index (χ1v) is 7.18. The average molecular weight is 303 g/mol. The first kappa shape index (κ1) is 14.3. The lowest BCUT2D eigenvalue weighted by Gasteiger charge is -2.35. The van der Waals surface area contributed by atoms with Crippen molar-refractivity contribution in [3.8, 4) is 0 Å². The second-order valence-corrected chi connectivity index (χ2v) is 5.28. The number of carbonyl (C=O) groups is 3. The number of piperazine rings is 1. The molecule has 2 saturated heterocycles. The number of hydrogen-bond donors (Lipinski definition) is 2. The molecular formula is C14H17N5O3. The predicted molar refractivity (Wildman–Crippen MR) is 78.1 cm³/mol. The molecule has 0 spiro atoms. The molecule has 2 N–H and O–H groups in total. The summed E-state index contributed by atoms with van der Waals surface area (Å²) in [6.45, 7) is 2.56. The third kappa shape index (κ3) is 3.00. The molecule has 2 aliphatic rings. The number of carbonyl (C=O) groups excluding carboxylic acids is 3. The second kappa shape index (κ2) is 6.00. The fourth-order valence-electron chi connectivity index (χ4n) is 2.63. The summed E-state index contributed by atoms with van der Waals surface area (Å²) in [5.74, 6) is 0.338. The molecule has 0 aromatic carbocycles. The van der Waals surface area contributed by atoms with Gasteiger partial charge in [0.1, 0.15) is 11.9 Å². The van der Waals surface area contributed by atoms with Crippen molar-refractivity contribution >= 4 is 23.7 Å². The molecule has 0 unspecified atom stereocenters. The molecule has 8 nitrogen and oxygen atoms in total. The van der Waals surface area contributed by atoms with Crippen LogP contribution in [0.5, 0.6) is 0 Å². The number of nitrogens with one attached hydrogen (secondary N) is 2.